The lowest BCUT2D eigenvalue weighted by Gasteiger charge is -2.39. The molecule has 1 aliphatic heterocycles. The largest absolute Gasteiger partial charge is 0.462 e. The summed E-state index contributed by atoms with van der Waals surface area (Å²) in [6.07, 6.45) is 17.3. The molecule has 0 bridgehead atoms. The number of unbranched alkanes of at least 4 members (excludes halogenated alkanes) is 19. The third kappa shape index (κ3) is 20.8. The van der Waals surface area contributed by atoms with Crippen LogP contribution in [0.1, 0.15) is 162 Å². The molecular formula is C36H68O10. The van der Waals surface area contributed by atoms with E-state index in [1.165, 1.54) is 77.0 Å². The van der Waals surface area contributed by atoms with E-state index >= 15 is 0 Å². The first-order valence-electron chi connectivity index (χ1n) is 18.6. The van der Waals surface area contributed by atoms with E-state index in [2.05, 4.69) is 13.8 Å². The second kappa shape index (κ2) is 28.7. The standard InChI is InChI=1S/C36H68O10/c1-3-5-7-9-10-11-12-13-14-15-16-17-18-19-21-23-25-32(39)45-29(27-43-31(38)24-22-20-8-6-4-2)28-44-36-35(42)34(41)33(40)30(26-37)46-36/h29-30,33-37,40-42H,3-28H2,1-2H3. The molecule has 0 saturated carbocycles. The van der Waals surface area contributed by atoms with E-state index in [1.807, 2.05) is 0 Å². The monoisotopic (exact) mass is 660 g/mol. The smallest absolute Gasteiger partial charge is 0.306 e. The van der Waals surface area contributed by atoms with Crippen molar-refractivity contribution in [3.8, 4) is 0 Å². The minimum absolute atomic E-state index is 0.212. The Morgan fingerprint density at radius 2 is 1.02 bits per heavy atom. The molecule has 0 aliphatic carbocycles. The Bertz CT molecular complexity index is 734. The van der Waals surface area contributed by atoms with Crippen molar-refractivity contribution in [1.82, 2.24) is 0 Å². The molecule has 10 nitrogen and oxygen atoms in total. The van der Waals surface area contributed by atoms with Gasteiger partial charge in [0.2, 0.25) is 0 Å². The van der Waals surface area contributed by atoms with E-state index in [1.54, 1.807) is 0 Å². The summed E-state index contributed by atoms with van der Waals surface area (Å²) in [5, 5.41) is 39.7. The van der Waals surface area contributed by atoms with E-state index in [0.29, 0.717) is 6.42 Å². The van der Waals surface area contributed by atoms with Gasteiger partial charge < -0.3 is 39.4 Å². The number of carbonyl (C=O) groups excluding carboxylic acids is 2. The number of hydrogen-bond acceptors (Lipinski definition) is 10. The molecule has 4 N–H and O–H groups in total. The Kier molecular flexibility index (Phi) is 26.6. The van der Waals surface area contributed by atoms with E-state index in [4.69, 9.17) is 18.9 Å². The van der Waals surface area contributed by atoms with Gasteiger partial charge in [-0.25, -0.2) is 0 Å². The quantitative estimate of drug-likeness (QED) is 0.0512. The van der Waals surface area contributed by atoms with E-state index in [9.17, 15) is 30.0 Å². The van der Waals surface area contributed by atoms with Crippen molar-refractivity contribution in [3.63, 3.8) is 0 Å². The van der Waals surface area contributed by atoms with Crippen LogP contribution in [-0.4, -0.2) is 89.0 Å². The first-order valence-corrected chi connectivity index (χ1v) is 18.6. The number of rotatable bonds is 30. The number of aliphatic hydroxyl groups excluding tert-OH is 4. The van der Waals surface area contributed by atoms with Crippen LogP contribution >= 0.6 is 0 Å². The van der Waals surface area contributed by atoms with Crippen LogP contribution in [0.3, 0.4) is 0 Å². The molecule has 272 valence electrons. The summed E-state index contributed by atoms with van der Waals surface area (Å²) in [4.78, 5) is 24.9. The first-order chi connectivity index (χ1) is 22.3. The van der Waals surface area contributed by atoms with E-state index < -0.39 is 49.4 Å². The number of carbonyl (C=O) groups is 2. The molecule has 6 unspecified atom stereocenters. The second-order valence-electron chi connectivity index (χ2n) is 13.0. The highest BCUT2D eigenvalue weighted by molar-refractivity contribution is 5.70. The van der Waals surface area contributed by atoms with Crippen LogP contribution in [0.15, 0.2) is 0 Å². The topological polar surface area (TPSA) is 152 Å². The fourth-order valence-electron chi connectivity index (χ4n) is 5.72. The molecule has 0 radical (unpaired) electrons. The highest BCUT2D eigenvalue weighted by Crippen LogP contribution is 2.22. The van der Waals surface area contributed by atoms with Gasteiger partial charge in [0.15, 0.2) is 12.4 Å². The lowest BCUT2D eigenvalue weighted by molar-refractivity contribution is -0.305. The Labute approximate surface area is 278 Å². The molecule has 0 aromatic rings. The SMILES string of the molecule is CCCCCCCCCCCCCCCCCCC(=O)OC(COC(=O)CCCCCCC)COC1OC(CO)C(O)C(O)C1O. The second-order valence-corrected chi connectivity index (χ2v) is 13.0. The summed E-state index contributed by atoms with van der Waals surface area (Å²) in [5.74, 6) is -0.813. The summed E-state index contributed by atoms with van der Waals surface area (Å²) >= 11 is 0. The molecule has 1 fully saturated rings. The maximum Gasteiger partial charge on any atom is 0.306 e. The van der Waals surface area contributed by atoms with Crippen molar-refractivity contribution in [2.75, 3.05) is 19.8 Å². The fourth-order valence-corrected chi connectivity index (χ4v) is 5.72. The third-order valence-corrected chi connectivity index (χ3v) is 8.74. The molecule has 0 spiro atoms. The molecule has 10 heteroatoms. The minimum atomic E-state index is -1.59. The zero-order valence-corrected chi connectivity index (χ0v) is 29.1. The van der Waals surface area contributed by atoms with E-state index in [-0.39, 0.29) is 32.0 Å². The van der Waals surface area contributed by atoms with Crippen molar-refractivity contribution in [2.24, 2.45) is 0 Å². The maximum absolute atomic E-state index is 12.6. The van der Waals surface area contributed by atoms with Crippen LogP contribution in [0.25, 0.3) is 0 Å². The Morgan fingerprint density at radius 3 is 1.48 bits per heavy atom. The molecule has 1 rings (SSSR count). The van der Waals surface area contributed by atoms with Gasteiger partial charge in [0.25, 0.3) is 0 Å². The normalized spacial score (nSPS) is 22.1. The molecule has 46 heavy (non-hydrogen) atoms. The Balaban J connectivity index is 2.32. The molecule has 0 aromatic carbocycles. The van der Waals surface area contributed by atoms with Gasteiger partial charge in [0, 0.05) is 12.8 Å². The van der Waals surface area contributed by atoms with Crippen LogP contribution in [0.5, 0.6) is 0 Å². The first kappa shape index (κ1) is 42.7. The number of hydrogen-bond donors (Lipinski definition) is 4. The highest BCUT2D eigenvalue weighted by atomic mass is 16.7. The van der Waals surface area contributed by atoms with Crippen molar-refractivity contribution < 1.29 is 49.0 Å². The zero-order chi connectivity index (χ0) is 33.8. The molecule has 6 atom stereocenters. The van der Waals surface area contributed by atoms with Crippen molar-refractivity contribution in [3.05, 3.63) is 0 Å². The minimum Gasteiger partial charge on any atom is -0.462 e. The molecule has 0 aromatic heterocycles. The summed E-state index contributed by atoms with van der Waals surface area (Å²) in [5.41, 5.74) is 0. The molecule has 0 amide bonds. The average molecular weight is 661 g/mol. The number of esters is 2. The van der Waals surface area contributed by atoms with Crippen LogP contribution in [0, 0.1) is 0 Å². The van der Waals surface area contributed by atoms with Crippen LogP contribution < -0.4 is 0 Å². The lowest BCUT2D eigenvalue weighted by Crippen LogP contribution is -2.59. The van der Waals surface area contributed by atoms with Crippen LogP contribution in [-0.2, 0) is 28.5 Å². The predicted octanol–water partition coefficient (Wildman–Crippen LogP) is 6.27. The maximum atomic E-state index is 12.6. The van der Waals surface area contributed by atoms with Gasteiger partial charge >= 0.3 is 11.9 Å². The molecular weight excluding hydrogens is 592 g/mol. The third-order valence-electron chi connectivity index (χ3n) is 8.74. The van der Waals surface area contributed by atoms with E-state index in [0.717, 1.165) is 51.4 Å². The number of ether oxygens (including phenoxy) is 4. The van der Waals surface area contributed by atoms with Gasteiger partial charge in [-0.15, -0.1) is 0 Å². The fraction of sp³-hybridized carbons (Fsp3) is 0.944. The van der Waals surface area contributed by atoms with Gasteiger partial charge in [-0.1, -0.05) is 136 Å². The average Bonchev–Trinajstić information content (AvgIpc) is 3.05. The van der Waals surface area contributed by atoms with Gasteiger partial charge in [0.05, 0.1) is 13.2 Å². The van der Waals surface area contributed by atoms with Gasteiger partial charge in [0.1, 0.15) is 31.0 Å². The summed E-state index contributed by atoms with van der Waals surface area (Å²) in [6.45, 7) is 3.32. The zero-order valence-electron chi connectivity index (χ0n) is 29.1. The van der Waals surface area contributed by atoms with Crippen LogP contribution in [0.2, 0.25) is 0 Å². The van der Waals surface area contributed by atoms with Gasteiger partial charge in [-0.2, -0.15) is 0 Å². The lowest BCUT2D eigenvalue weighted by atomic mass is 9.99. The molecule has 1 saturated heterocycles. The van der Waals surface area contributed by atoms with Gasteiger partial charge in [-0.05, 0) is 12.8 Å². The molecule has 1 heterocycles. The molecule has 1 aliphatic rings. The predicted molar refractivity (Wildman–Crippen MR) is 178 cm³/mol. The van der Waals surface area contributed by atoms with Crippen LogP contribution in [0.4, 0.5) is 0 Å². The summed E-state index contributed by atoms with van der Waals surface area (Å²) < 4.78 is 21.9. The Hall–Kier alpha value is -1.30. The van der Waals surface area contributed by atoms with Crippen molar-refractivity contribution in [1.29, 1.82) is 0 Å². The summed E-state index contributed by atoms with van der Waals surface area (Å²) in [7, 11) is 0. The van der Waals surface area contributed by atoms with Crippen molar-refractivity contribution >= 4 is 11.9 Å². The van der Waals surface area contributed by atoms with Gasteiger partial charge in [-0.3, -0.25) is 9.59 Å². The number of aliphatic hydroxyl groups is 4. The van der Waals surface area contributed by atoms with Crippen molar-refractivity contribution in [2.45, 2.75) is 198 Å². The highest BCUT2D eigenvalue weighted by Gasteiger charge is 2.44. The summed E-state index contributed by atoms with van der Waals surface area (Å²) in [6, 6.07) is 0. The Morgan fingerprint density at radius 1 is 0.587 bits per heavy atom.